The van der Waals surface area contributed by atoms with Crippen molar-refractivity contribution in [3.63, 3.8) is 0 Å². The number of nitrogens with one attached hydrogen (secondary N) is 1. The van der Waals surface area contributed by atoms with Crippen LogP contribution in [0.2, 0.25) is 5.02 Å². The highest BCUT2D eigenvalue weighted by Gasteiger charge is 2.18. The fraction of sp³-hybridized carbons (Fsp3) is 0. The minimum atomic E-state index is -3.97. The molecule has 2 N–H and O–H groups in total. The van der Waals surface area contributed by atoms with Gasteiger partial charge < -0.3 is 15.2 Å². The van der Waals surface area contributed by atoms with Crippen molar-refractivity contribution in [2.75, 3.05) is 4.72 Å². The Morgan fingerprint density at radius 1 is 1.29 bits per heavy atom. The Labute approximate surface area is 124 Å². The van der Waals surface area contributed by atoms with E-state index in [1.54, 1.807) is 0 Å². The topological polar surface area (TPSA) is 122 Å². The van der Waals surface area contributed by atoms with Crippen molar-refractivity contribution in [1.82, 2.24) is 4.98 Å². The Hall–Kier alpha value is -2.39. The predicted molar refractivity (Wildman–Crippen MR) is 74.8 cm³/mol. The number of phenols is 1. The first-order valence-corrected chi connectivity index (χ1v) is 7.27. The van der Waals surface area contributed by atoms with E-state index in [1.165, 1.54) is 12.1 Å². The zero-order valence-electron chi connectivity index (χ0n) is 10.2. The SMILES string of the molecule is O=[N+]([O-])c1ccc(S(=O)(=O)Nc2ccc(Cl)c(O)c2)cn1. The van der Waals surface area contributed by atoms with Gasteiger partial charge in [-0.2, -0.15) is 0 Å². The highest BCUT2D eigenvalue weighted by molar-refractivity contribution is 7.92. The third-order valence-corrected chi connectivity index (χ3v) is 4.10. The molecule has 0 fully saturated rings. The minimum Gasteiger partial charge on any atom is -0.506 e. The number of sulfonamides is 1. The van der Waals surface area contributed by atoms with Crippen LogP contribution >= 0.6 is 11.6 Å². The summed E-state index contributed by atoms with van der Waals surface area (Å²) in [5, 5.41) is 19.9. The lowest BCUT2D eigenvalue weighted by molar-refractivity contribution is -0.389. The van der Waals surface area contributed by atoms with Gasteiger partial charge in [0.05, 0.1) is 10.7 Å². The number of aromatic nitrogens is 1. The van der Waals surface area contributed by atoms with Crippen molar-refractivity contribution < 1.29 is 18.4 Å². The van der Waals surface area contributed by atoms with Crippen LogP contribution in [0.5, 0.6) is 5.75 Å². The first kappa shape index (κ1) is 15.0. The van der Waals surface area contributed by atoms with Crippen LogP contribution < -0.4 is 4.72 Å². The summed E-state index contributed by atoms with van der Waals surface area (Å²) in [5.74, 6) is -0.739. The van der Waals surface area contributed by atoms with Crippen LogP contribution in [0.15, 0.2) is 41.4 Å². The van der Waals surface area contributed by atoms with Crippen LogP contribution in [0.4, 0.5) is 11.5 Å². The number of hydrogen-bond acceptors (Lipinski definition) is 6. The molecular weight excluding hydrogens is 322 g/mol. The quantitative estimate of drug-likeness (QED) is 0.654. The number of nitro groups is 1. The van der Waals surface area contributed by atoms with Gasteiger partial charge in [-0.05, 0) is 28.1 Å². The van der Waals surface area contributed by atoms with Gasteiger partial charge in [-0.1, -0.05) is 11.6 Å². The van der Waals surface area contributed by atoms with E-state index >= 15 is 0 Å². The molecule has 0 atom stereocenters. The lowest BCUT2D eigenvalue weighted by Gasteiger charge is -2.07. The molecule has 1 aromatic heterocycles. The van der Waals surface area contributed by atoms with Crippen molar-refractivity contribution in [2.45, 2.75) is 4.90 Å². The molecule has 21 heavy (non-hydrogen) atoms. The molecule has 0 unspecified atom stereocenters. The van der Waals surface area contributed by atoms with Gasteiger partial charge in [0.1, 0.15) is 10.6 Å². The van der Waals surface area contributed by atoms with E-state index in [2.05, 4.69) is 9.71 Å². The number of rotatable bonds is 4. The first-order chi connectivity index (χ1) is 9.79. The molecule has 10 heteroatoms. The second kappa shape index (κ2) is 5.54. The first-order valence-electron chi connectivity index (χ1n) is 5.41. The maximum Gasteiger partial charge on any atom is 0.363 e. The number of hydrogen-bond donors (Lipinski definition) is 2. The van der Waals surface area contributed by atoms with Crippen LogP contribution in [0.3, 0.4) is 0 Å². The summed E-state index contributed by atoms with van der Waals surface area (Å²) in [6, 6.07) is 5.86. The average molecular weight is 330 g/mol. The van der Waals surface area contributed by atoms with Crippen LogP contribution in [0.25, 0.3) is 0 Å². The molecule has 0 bridgehead atoms. The van der Waals surface area contributed by atoms with Crippen molar-refractivity contribution in [2.24, 2.45) is 0 Å². The summed E-state index contributed by atoms with van der Waals surface area (Å²) in [6.07, 6.45) is 0.871. The maximum absolute atomic E-state index is 12.0. The maximum atomic E-state index is 12.0. The van der Waals surface area contributed by atoms with Gasteiger partial charge in [0.15, 0.2) is 6.20 Å². The zero-order chi connectivity index (χ0) is 15.6. The van der Waals surface area contributed by atoms with E-state index < -0.39 is 20.8 Å². The second-order valence-electron chi connectivity index (χ2n) is 3.88. The summed E-state index contributed by atoms with van der Waals surface area (Å²) in [7, 11) is -3.97. The Kier molecular flexibility index (Phi) is 3.96. The van der Waals surface area contributed by atoms with Gasteiger partial charge in [0, 0.05) is 12.1 Å². The Morgan fingerprint density at radius 3 is 2.52 bits per heavy atom. The molecule has 0 saturated heterocycles. The molecule has 8 nitrogen and oxygen atoms in total. The number of phenolic OH excluding ortho intramolecular Hbond substituents is 1. The fourth-order valence-corrected chi connectivity index (χ4v) is 2.54. The molecule has 0 saturated carbocycles. The van der Waals surface area contributed by atoms with E-state index in [-0.39, 0.29) is 21.4 Å². The number of aromatic hydroxyl groups is 1. The van der Waals surface area contributed by atoms with E-state index in [9.17, 15) is 23.6 Å². The number of nitrogens with zero attached hydrogens (tertiary/aromatic N) is 2. The third-order valence-electron chi connectivity index (χ3n) is 2.42. The monoisotopic (exact) mass is 329 g/mol. The standard InChI is InChI=1S/C11H8ClN3O5S/c12-9-3-1-7(5-10(9)16)14-21(19,20)8-2-4-11(13-6-8)15(17)18/h1-6,14,16H. The summed E-state index contributed by atoms with van der Waals surface area (Å²) >= 11 is 5.61. The number of halogens is 1. The molecule has 0 radical (unpaired) electrons. The van der Waals surface area contributed by atoms with Gasteiger partial charge in [-0.25, -0.2) is 8.42 Å². The van der Waals surface area contributed by atoms with Gasteiger partial charge in [-0.15, -0.1) is 0 Å². The van der Waals surface area contributed by atoms with Crippen molar-refractivity contribution in [3.8, 4) is 5.75 Å². The van der Waals surface area contributed by atoms with Gasteiger partial charge >= 0.3 is 5.82 Å². The summed E-state index contributed by atoms with van der Waals surface area (Å²) in [6.45, 7) is 0. The lowest BCUT2D eigenvalue weighted by Crippen LogP contribution is -2.13. The summed E-state index contributed by atoms with van der Waals surface area (Å²) in [4.78, 5) is 12.9. The fourth-order valence-electron chi connectivity index (χ4n) is 1.43. The smallest absolute Gasteiger partial charge is 0.363 e. The van der Waals surface area contributed by atoms with Crippen LogP contribution in [0.1, 0.15) is 0 Å². The van der Waals surface area contributed by atoms with E-state index in [4.69, 9.17) is 11.6 Å². The molecular formula is C11H8ClN3O5S. The molecule has 0 aliphatic rings. The lowest BCUT2D eigenvalue weighted by atomic mass is 10.3. The Bertz CT molecular complexity index is 792. The molecule has 2 rings (SSSR count). The molecule has 2 aromatic rings. The third kappa shape index (κ3) is 3.38. The summed E-state index contributed by atoms with van der Waals surface area (Å²) < 4.78 is 26.3. The number of benzene rings is 1. The minimum absolute atomic E-state index is 0.0787. The highest BCUT2D eigenvalue weighted by Crippen LogP contribution is 2.27. The van der Waals surface area contributed by atoms with Crippen molar-refractivity contribution in [1.29, 1.82) is 0 Å². The number of anilines is 1. The molecule has 0 spiro atoms. The van der Waals surface area contributed by atoms with E-state index in [1.807, 2.05) is 0 Å². The van der Waals surface area contributed by atoms with Crippen molar-refractivity contribution >= 4 is 33.1 Å². The van der Waals surface area contributed by atoms with Gasteiger partial charge in [0.2, 0.25) is 0 Å². The Balaban J connectivity index is 2.29. The van der Waals surface area contributed by atoms with E-state index in [0.29, 0.717) is 0 Å². The molecule has 110 valence electrons. The summed E-state index contributed by atoms with van der Waals surface area (Å²) in [5.41, 5.74) is 0.0928. The molecule has 1 aromatic carbocycles. The van der Waals surface area contributed by atoms with Crippen LogP contribution in [-0.4, -0.2) is 23.4 Å². The van der Waals surface area contributed by atoms with Gasteiger partial charge in [-0.3, -0.25) is 4.72 Å². The largest absolute Gasteiger partial charge is 0.506 e. The highest BCUT2D eigenvalue weighted by atomic mass is 35.5. The van der Waals surface area contributed by atoms with Crippen LogP contribution in [-0.2, 0) is 10.0 Å². The van der Waals surface area contributed by atoms with Crippen LogP contribution in [0, 0.1) is 10.1 Å². The number of pyridine rings is 1. The molecule has 1 heterocycles. The predicted octanol–water partition coefficient (Wildman–Crippen LogP) is 2.15. The molecule has 0 amide bonds. The van der Waals surface area contributed by atoms with Gasteiger partial charge in [0.25, 0.3) is 10.0 Å². The average Bonchev–Trinajstić information content (AvgIpc) is 2.43. The van der Waals surface area contributed by atoms with E-state index in [0.717, 1.165) is 24.4 Å². The zero-order valence-corrected chi connectivity index (χ0v) is 11.8. The molecule has 0 aliphatic heterocycles. The Morgan fingerprint density at radius 2 is 2.00 bits per heavy atom. The molecule has 0 aliphatic carbocycles. The normalized spacial score (nSPS) is 11.1. The van der Waals surface area contributed by atoms with Crippen molar-refractivity contribution in [3.05, 3.63) is 51.7 Å². The second-order valence-corrected chi connectivity index (χ2v) is 5.97.